The average Bonchev–Trinajstić information content (AvgIpc) is 3.30. The Morgan fingerprint density at radius 2 is 1.07 bits per heavy atom. The third kappa shape index (κ3) is 22.8. The second-order valence-electron chi connectivity index (χ2n) is 17.8. The van der Waals surface area contributed by atoms with Gasteiger partial charge in [-0.2, -0.15) is 0 Å². The smallest absolute Gasteiger partial charge is 0.326 e. The van der Waals surface area contributed by atoms with Crippen LogP contribution in [0.15, 0.2) is 35.3 Å². The number of aliphatic imine (C=N–C) groups is 1. The van der Waals surface area contributed by atoms with Gasteiger partial charge in [0.05, 0.1) is 19.1 Å². The summed E-state index contributed by atoms with van der Waals surface area (Å²) in [6, 6.07) is -2.68. The van der Waals surface area contributed by atoms with E-state index >= 15 is 0 Å². The molecule has 394 valence electrons. The number of aliphatic carboxylic acids is 2. The molecule has 0 aliphatic heterocycles. The van der Waals surface area contributed by atoms with Gasteiger partial charge in [-0.3, -0.25) is 43.3 Å². The first-order valence-corrected chi connectivity index (χ1v) is 23.7. The van der Waals surface area contributed by atoms with Crippen LogP contribution in [0.5, 0.6) is 0 Å². The molecule has 24 nitrogen and oxygen atoms in total. The van der Waals surface area contributed by atoms with Crippen molar-refractivity contribution < 1.29 is 58.5 Å². The summed E-state index contributed by atoms with van der Waals surface area (Å²) < 4.78 is 0. The number of aliphatic hydroxyl groups is 1. The molecule has 0 aliphatic carbocycles. The number of carbonyl (C=O) groups is 9. The number of nitrogens with zero attached hydrogens (tertiary/aromatic N) is 1. The molecular formula is C46H78N12O12. The zero-order chi connectivity index (χ0) is 53.1. The molecule has 0 spiro atoms. The van der Waals surface area contributed by atoms with Crippen molar-refractivity contribution in [3.8, 4) is 0 Å². The van der Waals surface area contributed by atoms with E-state index in [2.05, 4.69) is 42.2 Å². The molecule has 0 aromatic heterocycles. The Balaban J connectivity index is 3.52. The molecular weight excluding hydrogens is 913 g/mol. The van der Waals surface area contributed by atoms with E-state index in [9.17, 15) is 58.5 Å². The number of amides is 7. The number of hydrogen-bond donors (Lipinski definition) is 14. The van der Waals surface area contributed by atoms with Crippen LogP contribution in [-0.2, 0) is 49.6 Å². The highest BCUT2D eigenvalue weighted by atomic mass is 16.4. The minimum atomic E-state index is -1.74. The summed E-state index contributed by atoms with van der Waals surface area (Å²) >= 11 is 0. The molecule has 24 heteroatoms. The molecule has 70 heavy (non-hydrogen) atoms. The van der Waals surface area contributed by atoms with E-state index in [0.29, 0.717) is 37.8 Å². The summed E-state index contributed by atoms with van der Waals surface area (Å²) in [5.41, 5.74) is 23.1. The molecule has 1 aromatic rings. The monoisotopic (exact) mass is 991 g/mol. The van der Waals surface area contributed by atoms with Crippen molar-refractivity contribution in [1.82, 2.24) is 37.2 Å². The summed E-state index contributed by atoms with van der Waals surface area (Å²) in [5.74, 6) is -10.2. The van der Waals surface area contributed by atoms with Crippen LogP contribution in [0.3, 0.4) is 0 Å². The zero-order valence-electron chi connectivity index (χ0n) is 41.2. The Bertz CT molecular complexity index is 1900. The summed E-state index contributed by atoms with van der Waals surface area (Å²) in [6.45, 7) is 9.80. The Kier molecular flexibility index (Phi) is 28.5. The molecule has 10 atom stereocenters. The van der Waals surface area contributed by atoms with Crippen LogP contribution < -0.4 is 60.2 Å². The van der Waals surface area contributed by atoms with Crippen molar-refractivity contribution in [2.24, 2.45) is 45.7 Å². The van der Waals surface area contributed by atoms with E-state index in [-0.39, 0.29) is 56.4 Å². The lowest BCUT2D eigenvalue weighted by atomic mass is 9.98. The maximum Gasteiger partial charge on any atom is 0.326 e. The summed E-state index contributed by atoms with van der Waals surface area (Å²) in [4.78, 5) is 124. The molecule has 1 rings (SSSR count). The number of guanidine groups is 1. The molecule has 7 amide bonds. The highest BCUT2D eigenvalue weighted by Crippen LogP contribution is 2.13. The fourth-order valence-corrected chi connectivity index (χ4v) is 6.95. The minimum Gasteiger partial charge on any atom is -0.481 e. The standard InChI is InChI=1S/C46H78N12O12/c1-7-26(5)36(48)44(68)56-33(23-35(60)61)42(66)53-30(18-14-20-51-46(49)50)38(62)57-34(24-59)43(67)55-32(22-28-15-10-9-11-16-28)41(65)54-31(21-25(3)4)40(64)52-29(17-12-13-19-47)39(63)58-37(45(69)70)27(6)8-2/h9-11,15-16,25-27,29-34,36-37,59H,7-8,12-14,17-24,47-48H2,1-6H3,(H,52,64)(H,53,66)(H,54,65)(H,55,67)(H,56,68)(H,57,62)(H,58,63)(H,60,61)(H,69,70)(H4,49,50,51)/t26-,27-,29-,30-,31-,32-,33-,34-,36-,37-/m0/s1. The Labute approximate surface area is 409 Å². The van der Waals surface area contributed by atoms with E-state index < -0.39 is 121 Å². The van der Waals surface area contributed by atoms with Gasteiger partial charge in [-0.05, 0) is 68.4 Å². The van der Waals surface area contributed by atoms with Crippen LogP contribution in [-0.4, -0.2) is 143 Å². The lowest BCUT2D eigenvalue weighted by Gasteiger charge is -2.28. The van der Waals surface area contributed by atoms with Gasteiger partial charge in [-0.15, -0.1) is 0 Å². The van der Waals surface area contributed by atoms with Gasteiger partial charge in [-0.25, -0.2) is 4.79 Å². The van der Waals surface area contributed by atoms with Crippen molar-refractivity contribution in [2.45, 2.75) is 154 Å². The van der Waals surface area contributed by atoms with E-state index in [1.807, 2.05) is 0 Å². The first kappa shape index (κ1) is 61.6. The number of carbonyl (C=O) groups excluding carboxylic acids is 7. The van der Waals surface area contributed by atoms with Crippen LogP contribution in [0.25, 0.3) is 0 Å². The van der Waals surface area contributed by atoms with E-state index in [0.717, 1.165) is 0 Å². The summed E-state index contributed by atoms with van der Waals surface area (Å²) in [5, 5.41) is 47.3. The highest BCUT2D eigenvalue weighted by molar-refractivity contribution is 5.98. The predicted molar refractivity (Wildman–Crippen MR) is 260 cm³/mol. The second kappa shape index (κ2) is 32.4. The maximum atomic E-state index is 14.2. The fraction of sp³-hybridized carbons (Fsp3) is 0.652. The molecule has 0 unspecified atom stereocenters. The molecule has 0 fully saturated rings. The van der Waals surface area contributed by atoms with E-state index in [4.69, 9.17) is 22.9 Å². The summed E-state index contributed by atoms with van der Waals surface area (Å²) in [7, 11) is 0. The quantitative estimate of drug-likeness (QED) is 0.0198. The van der Waals surface area contributed by atoms with Crippen LogP contribution in [0.4, 0.5) is 0 Å². The molecule has 0 heterocycles. The van der Waals surface area contributed by atoms with Gasteiger partial charge in [0.1, 0.15) is 42.3 Å². The van der Waals surface area contributed by atoms with Gasteiger partial charge >= 0.3 is 11.9 Å². The number of aliphatic hydroxyl groups excluding tert-OH is 1. The predicted octanol–water partition coefficient (Wildman–Crippen LogP) is -2.18. The number of carboxylic acids is 2. The van der Waals surface area contributed by atoms with Crippen LogP contribution in [0, 0.1) is 17.8 Å². The third-order valence-electron chi connectivity index (χ3n) is 11.6. The first-order chi connectivity index (χ1) is 33.0. The Hall–Kier alpha value is -6.40. The van der Waals surface area contributed by atoms with E-state index in [1.54, 1.807) is 71.9 Å². The molecule has 18 N–H and O–H groups in total. The molecule has 0 radical (unpaired) electrons. The van der Waals surface area contributed by atoms with E-state index in [1.165, 1.54) is 0 Å². The van der Waals surface area contributed by atoms with Crippen molar-refractivity contribution >= 4 is 59.2 Å². The highest BCUT2D eigenvalue weighted by Gasteiger charge is 2.36. The number of benzene rings is 1. The van der Waals surface area contributed by atoms with Gasteiger partial charge in [0, 0.05) is 13.0 Å². The Morgan fingerprint density at radius 3 is 1.59 bits per heavy atom. The summed E-state index contributed by atoms with van der Waals surface area (Å²) in [6.07, 6.45) is 0.921. The maximum absolute atomic E-state index is 14.2. The number of nitrogens with two attached hydrogens (primary N) is 4. The normalized spacial score (nSPS) is 15.4. The number of hydrogen-bond acceptors (Lipinski definition) is 13. The van der Waals surface area contributed by atoms with Crippen molar-refractivity contribution in [2.75, 3.05) is 19.7 Å². The zero-order valence-corrected chi connectivity index (χ0v) is 41.2. The number of rotatable bonds is 34. The SMILES string of the molecule is CC[C@H](C)[C@H](N)C(=O)N[C@@H](CC(=O)O)C(=O)N[C@@H](CCCN=C(N)N)C(=O)N[C@@H](CO)C(=O)N[C@@H](Cc1ccccc1)C(=O)N[C@@H](CC(C)C)C(=O)N[C@@H](CCCCN)C(=O)N[C@H](C(=O)O)[C@@H](C)CC. The lowest BCUT2D eigenvalue weighted by molar-refractivity contribution is -0.144. The van der Waals surface area contributed by atoms with Crippen LogP contribution in [0.2, 0.25) is 0 Å². The first-order valence-electron chi connectivity index (χ1n) is 23.7. The van der Waals surface area contributed by atoms with Crippen molar-refractivity contribution in [3.63, 3.8) is 0 Å². The molecule has 0 saturated carbocycles. The van der Waals surface area contributed by atoms with Crippen LogP contribution in [0.1, 0.15) is 105 Å². The molecule has 0 saturated heterocycles. The fourth-order valence-electron chi connectivity index (χ4n) is 6.95. The number of unbranched alkanes of at least 4 members (excludes halogenated alkanes) is 1. The van der Waals surface area contributed by atoms with Gasteiger partial charge in [0.15, 0.2) is 5.96 Å². The second-order valence-corrected chi connectivity index (χ2v) is 17.8. The topological polar surface area (TPSA) is 415 Å². The van der Waals surface area contributed by atoms with Crippen molar-refractivity contribution in [1.29, 1.82) is 0 Å². The Morgan fingerprint density at radius 1 is 0.600 bits per heavy atom. The third-order valence-corrected chi connectivity index (χ3v) is 11.6. The van der Waals surface area contributed by atoms with Gasteiger partial charge < -0.3 is 75.5 Å². The largest absolute Gasteiger partial charge is 0.481 e. The number of nitrogens with one attached hydrogen (secondary N) is 7. The molecule has 0 bridgehead atoms. The minimum absolute atomic E-state index is 0.0113. The van der Waals surface area contributed by atoms with Crippen molar-refractivity contribution in [3.05, 3.63) is 35.9 Å². The molecule has 0 aliphatic rings. The van der Waals surface area contributed by atoms with Gasteiger partial charge in [0.2, 0.25) is 41.4 Å². The molecule has 1 aromatic carbocycles. The lowest BCUT2D eigenvalue weighted by Crippen LogP contribution is -2.61. The van der Waals surface area contributed by atoms with Gasteiger partial charge in [0.25, 0.3) is 0 Å². The average molecular weight is 991 g/mol. The van der Waals surface area contributed by atoms with Crippen LogP contribution >= 0.6 is 0 Å². The van der Waals surface area contributed by atoms with Gasteiger partial charge in [-0.1, -0.05) is 84.7 Å². The number of carboxylic acid groups (broad SMARTS) is 2.